The van der Waals surface area contributed by atoms with E-state index in [1.54, 1.807) is 60.7 Å². The van der Waals surface area contributed by atoms with Gasteiger partial charge in [-0.2, -0.15) is 0 Å². The summed E-state index contributed by atoms with van der Waals surface area (Å²) in [6.45, 7) is -0.242. The van der Waals surface area contributed by atoms with Crippen LogP contribution in [0.25, 0.3) is 0 Å². The predicted octanol–water partition coefficient (Wildman–Crippen LogP) is 0.734. The van der Waals surface area contributed by atoms with Crippen molar-refractivity contribution in [2.75, 3.05) is 0 Å². The largest absolute Gasteiger partial charge is 0.550 e. The number of carbonyl (C=O) groups excluding carboxylic acids is 3. The SMILES string of the molecule is O=C([O-])CC(O)(CC(=O)OCc1ccccc1)C(=O)OCc1ccccc1. The molecule has 0 aliphatic rings. The van der Waals surface area contributed by atoms with E-state index in [4.69, 9.17) is 9.47 Å². The molecule has 0 spiro atoms. The number of rotatable bonds is 9. The first-order chi connectivity index (χ1) is 12.9. The van der Waals surface area contributed by atoms with Crippen molar-refractivity contribution in [1.29, 1.82) is 0 Å². The number of carboxylic acids is 1. The number of aliphatic hydroxyl groups is 1. The molecule has 1 atom stereocenters. The number of hydrogen-bond acceptors (Lipinski definition) is 7. The fourth-order valence-electron chi connectivity index (χ4n) is 2.33. The van der Waals surface area contributed by atoms with E-state index in [1.165, 1.54) is 0 Å². The standard InChI is InChI=1S/C20H20O7/c21-17(22)11-20(25,19(24)27-14-16-9-5-2-6-10-16)12-18(23)26-13-15-7-3-1-4-8-15/h1-10,25H,11-14H2,(H,21,22)/p-1. The van der Waals surface area contributed by atoms with Crippen molar-refractivity contribution in [2.45, 2.75) is 31.7 Å². The quantitative estimate of drug-likeness (QED) is 0.647. The molecule has 0 aromatic heterocycles. The molecule has 1 unspecified atom stereocenters. The highest BCUT2D eigenvalue weighted by Gasteiger charge is 2.41. The molecule has 0 heterocycles. The molecule has 0 aliphatic heterocycles. The van der Waals surface area contributed by atoms with Crippen LogP contribution in [-0.4, -0.2) is 28.6 Å². The van der Waals surface area contributed by atoms with E-state index in [-0.39, 0.29) is 13.2 Å². The van der Waals surface area contributed by atoms with Gasteiger partial charge >= 0.3 is 11.9 Å². The summed E-state index contributed by atoms with van der Waals surface area (Å²) >= 11 is 0. The van der Waals surface area contributed by atoms with Crippen LogP contribution >= 0.6 is 0 Å². The molecule has 1 N–H and O–H groups in total. The van der Waals surface area contributed by atoms with Gasteiger partial charge in [0.25, 0.3) is 0 Å². The predicted molar refractivity (Wildman–Crippen MR) is 91.7 cm³/mol. The van der Waals surface area contributed by atoms with Gasteiger partial charge in [0.05, 0.1) is 6.42 Å². The minimum absolute atomic E-state index is 0.0693. The third-order valence-corrected chi connectivity index (χ3v) is 3.71. The number of aliphatic carboxylic acids is 1. The van der Waals surface area contributed by atoms with E-state index in [0.29, 0.717) is 11.1 Å². The monoisotopic (exact) mass is 371 g/mol. The molecular formula is C20H19O7-. The lowest BCUT2D eigenvalue weighted by atomic mass is 9.95. The van der Waals surface area contributed by atoms with Crippen molar-refractivity contribution in [1.82, 2.24) is 0 Å². The van der Waals surface area contributed by atoms with E-state index < -0.39 is 36.4 Å². The summed E-state index contributed by atoms with van der Waals surface area (Å²) in [5.41, 5.74) is -1.21. The normalized spacial score (nSPS) is 12.6. The number of esters is 2. The van der Waals surface area contributed by atoms with Crippen LogP contribution in [0, 0.1) is 0 Å². The van der Waals surface area contributed by atoms with Gasteiger partial charge in [0, 0.05) is 12.4 Å². The van der Waals surface area contributed by atoms with Crippen LogP contribution in [0.4, 0.5) is 0 Å². The summed E-state index contributed by atoms with van der Waals surface area (Å²) in [7, 11) is 0. The van der Waals surface area contributed by atoms with Gasteiger partial charge in [0.2, 0.25) is 0 Å². The summed E-state index contributed by atoms with van der Waals surface area (Å²) in [5.74, 6) is -3.85. The second kappa shape index (κ2) is 9.49. The Labute approximate surface area is 156 Å². The first-order valence-corrected chi connectivity index (χ1v) is 8.22. The Kier molecular flexibility index (Phi) is 7.08. The van der Waals surface area contributed by atoms with E-state index in [9.17, 15) is 24.6 Å². The fourth-order valence-corrected chi connectivity index (χ4v) is 2.33. The van der Waals surface area contributed by atoms with Gasteiger partial charge in [-0.15, -0.1) is 0 Å². The Morgan fingerprint density at radius 1 is 0.815 bits per heavy atom. The zero-order valence-corrected chi connectivity index (χ0v) is 14.5. The Balaban J connectivity index is 1.97. The van der Waals surface area contributed by atoms with E-state index >= 15 is 0 Å². The average Bonchev–Trinajstić information content (AvgIpc) is 2.65. The van der Waals surface area contributed by atoms with Crippen molar-refractivity contribution in [3.8, 4) is 0 Å². The average molecular weight is 371 g/mol. The summed E-state index contributed by atoms with van der Waals surface area (Å²) in [4.78, 5) is 35.1. The van der Waals surface area contributed by atoms with Crippen LogP contribution < -0.4 is 5.11 Å². The zero-order chi connectivity index (χ0) is 19.7. The van der Waals surface area contributed by atoms with Gasteiger partial charge in [-0.3, -0.25) is 4.79 Å². The Bertz CT molecular complexity index is 773. The van der Waals surface area contributed by atoms with Crippen LogP contribution in [0.5, 0.6) is 0 Å². The minimum Gasteiger partial charge on any atom is -0.550 e. The number of benzene rings is 2. The summed E-state index contributed by atoms with van der Waals surface area (Å²) < 4.78 is 9.97. The molecule has 0 saturated heterocycles. The highest BCUT2D eigenvalue weighted by Crippen LogP contribution is 2.20. The maximum atomic E-state index is 12.2. The molecule has 7 nitrogen and oxygen atoms in total. The van der Waals surface area contributed by atoms with E-state index in [0.717, 1.165) is 0 Å². The Morgan fingerprint density at radius 2 is 1.30 bits per heavy atom. The van der Waals surface area contributed by atoms with Crippen molar-refractivity contribution in [3.63, 3.8) is 0 Å². The highest BCUT2D eigenvalue weighted by molar-refractivity contribution is 5.89. The zero-order valence-electron chi connectivity index (χ0n) is 14.5. The van der Waals surface area contributed by atoms with Crippen molar-refractivity contribution >= 4 is 17.9 Å². The van der Waals surface area contributed by atoms with Crippen molar-refractivity contribution < 1.29 is 34.1 Å². The van der Waals surface area contributed by atoms with Crippen LogP contribution in [0.3, 0.4) is 0 Å². The molecule has 2 aromatic carbocycles. The van der Waals surface area contributed by atoms with Crippen molar-refractivity contribution in [3.05, 3.63) is 71.8 Å². The fraction of sp³-hybridized carbons (Fsp3) is 0.250. The van der Waals surface area contributed by atoms with Gasteiger partial charge in [-0.1, -0.05) is 60.7 Å². The summed E-state index contributed by atoms with van der Waals surface area (Å²) in [6.07, 6.45) is -1.94. The lowest BCUT2D eigenvalue weighted by Gasteiger charge is -2.25. The maximum Gasteiger partial charge on any atom is 0.339 e. The molecule has 0 aliphatic carbocycles. The Hall–Kier alpha value is -3.19. The second-order valence-electron chi connectivity index (χ2n) is 5.97. The number of hydrogen-bond donors (Lipinski definition) is 1. The van der Waals surface area contributed by atoms with Gasteiger partial charge in [-0.25, -0.2) is 4.79 Å². The summed E-state index contributed by atoms with van der Waals surface area (Å²) in [6, 6.07) is 17.4. The first kappa shape index (κ1) is 20.1. The van der Waals surface area contributed by atoms with Gasteiger partial charge in [0.1, 0.15) is 13.2 Å². The van der Waals surface area contributed by atoms with Crippen LogP contribution in [0.15, 0.2) is 60.7 Å². The molecule has 2 aromatic rings. The van der Waals surface area contributed by atoms with Gasteiger partial charge in [-0.05, 0) is 11.1 Å². The molecule has 7 heteroatoms. The molecule has 0 radical (unpaired) electrons. The molecule has 0 saturated carbocycles. The van der Waals surface area contributed by atoms with Gasteiger partial charge < -0.3 is 24.5 Å². The molecular weight excluding hydrogens is 352 g/mol. The van der Waals surface area contributed by atoms with Gasteiger partial charge in [0.15, 0.2) is 5.60 Å². The van der Waals surface area contributed by atoms with Crippen LogP contribution in [-0.2, 0) is 37.1 Å². The smallest absolute Gasteiger partial charge is 0.339 e. The van der Waals surface area contributed by atoms with Crippen LogP contribution in [0.2, 0.25) is 0 Å². The topological polar surface area (TPSA) is 113 Å². The van der Waals surface area contributed by atoms with Crippen molar-refractivity contribution in [2.24, 2.45) is 0 Å². The molecule has 2 rings (SSSR count). The molecule has 27 heavy (non-hydrogen) atoms. The van der Waals surface area contributed by atoms with E-state index in [2.05, 4.69) is 0 Å². The number of carboxylic acid groups (broad SMARTS) is 1. The first-order valence-electron chi connectivity index (χ1n) is 8.22. The molecule has 142 valence electrons. The number of carbonyl (C=O) groups is 3. The molecule has 0 fully saturated rings. The second-order valence-corrected chi connectivity index (χ2v) is 5.97. The highest BCUT2D eigenvalue weighted by atomic mass is 16.6. The molecule has 0 amide bonds. The van der Waals surface area contributed by atoms with E-state index in [1.807, 2.05) is 0 Å². The maximum absolute atomic E-state index is 12.2. The third kappa shape index (κ3) is 6.56. The number of ether oxygens (including phenoxy) is 2. The summed E-state index contributed by atoms with van der Waals surface area (Å²) in [5, 5.41) is 21.3. The van der Waals surface area contributed by atoms with Crippen LogP contribution in [0.1, 0.15) is 24.0 Å². The lowest BCUT2D eigenvalue weighted by Crippen LogP contribution is -2.47. The Morgan fingerprint density at radius 3 is 1.78 bits per heavy atom. The lowest BCUT2D eigenvalue weighted by molar-refractivity contribution is -0.309. The third-order valence-electron chi connectivity index (χ3n) is 3.71. The molecule has 0 bridgehead atoms. The minimum atomic E-state index is -2.57.